The molecule has 0 radical (unpaired) electrons. The number of aliphatic hydroxyl groups is 4. The highest BCUT2D eigenvalue weighted by Crippen LogP contribution is 2.43. The Morgan fingerprint density at radius 3 is 2.26 bits per heavy atom. The second-order valence-electron chi connectivity index (χ2n) is 7.80. The van der Waals surface area contributed by atoms with Crippen LogP contribution in [0.2, 0.25) is 0 Å². The van der Waals surface area contributed by atoms with E-state index in [0.29, 0.717) is 11.3 Å². The van der Waals surface area contributed by atoms with Gasteiger partial charge in [0.1, 0.15) is 47.1 Å². The SMILES string of the molecule is COc1ccccc1-c1cc(=O)c2c(O[C@H]3O[C@@H](CO)[C@H](O)[C@H](O)[C@@H]3O)cc(OC)c(OC)c2o1. The van der Waals surface area contributed by atoms with Gasteiger partial charge in [0.05, 0.1) is 33.5 Å². The fourth-order valence-electron chi connectivity index (χ4n) is 3.96. The Morgan fingerprint density at radius 2 is 1.60 bits per heavy atom. The molecule has 1 aromatic heterocycles. The summed E-state index contributed by atoms with van der Waals surface area (Å²) in [6.45, 7) is -0.637. The van der Waals surface area contributed by atoms with Crippen LogP contribution < -0.4 is 24.4 Å². The molecule has 0 spiro atoms. The van der Waals surface area contributed by atoms with E-state index in [1.807, 2.05) is 0 Å². The molecule has 5 atom stereocenters. The molecule has 11 nitrogen and oxygen atoms in total. The van der Waals surface area contributed by atoms with E-state index in [1.54, 1.807) is 24.3 Å². The number of fused-ring (bicyclic) bond motifs is 1. The van der Waals surface area contributed by atoms with Gasteiger partial charge in [-0.3, -0.25) is 4.79 Å². The molecule has 1 saturated heterocycles. The van der Waals surface area contributed by atoms with Gasteiger partial charge in [-0.1, -0.05) is 12.1 Å². The monoisotopic (exact) mass is 490 g/mol. The number of hydrogen-bond acceptors (Lipinski definition) is 11. The van der Waals surface area contributed by atoms with E-state index in [-0.39, 0.29) is 34.0 Å². The summed E-state index contributed by atoms with van der Waals surface area (Å²) in [5.41, 5.74) is 0.0165. The lowest BCUT2D eigenvalue weighted by molar-refractivity contribution is -0.277. The minimum absolute atomic E-state index is 0.000142. The summed E-state index contributed by atoms with van der Waals surface area (Å²) in [5, 5.41) is 39.9. The second-order valence-corrected chi connectivity index (χ2v) is 7.80. The van der Waals surface area contributed by atoms with Gasteiger partial charge in [0, 0.05) is 12.1 Å². The highest BCUT2D eigenvalue weighted by Gasteiger charge is 2.45. The van der Waals surface area contributed by atoms with E-state index in [2.05, 4.69) is 0 Å². The van der Waals surface area contributed by atoms with Crippen molar-refractivity contribution < 1.29 is 48.5 Å². The maximum Gasteiger partial charge on any atom is 0.229 e. The van der Waals surface area contributed by atoms with Gasteiger partial charge in [-0.15, -0.1) is 0 Å². The number of ether oxygens (including phenoxy) is 5. The molecule has 1 aliphatic rings. The highest BCUT2D eigenvalue weighted by molar-refractivity contribution is 5.92. The second kappa shape index (κ2) is 10.1. The van der Waals surface area contributed by atoms with Crippen LogP contribution in [0.5, 0.6) is 23.0 Å². The van der Waals surface area contributed by atoms with Crippen molar-refractivity contribution in [2.45, 2.75) is 30.7 Å². The molecular weight excluding hydrogens is 464 g/mol. The van der Waals surface area contributed by atoms with Crippen LogP contribution in [-0.4, -0.2) is 79.1 Å². The average Bonchev–Trinajstić information content (AvgIpc) is 2.88. The van der Waals surface area contributed by atoms with Crippen LogP contribution in [0.3, 0.4) is 0 Å². The topological polar surface area (TPSA) is 157 Å². The van der Waals surface area contributed by atoms with E-state index in [1.165, 1.54) is 33.5 Å². The van der Waals surface area contributed by atoms with Crippen LogP contribution in [0.4, 0.5) is 0 Å². The number of methoxy groups -OCH3 is 3. The summed E-state index contributed by atoms with van der Waals surface area (Å²) < 4.78 is 33.5. The van der Waals surface area contributed by atoms with Gasteiger partial charge >= 0.3 is 0 Å². The number of hydrogen-bond donors (Lipinski definition) is 4. The first-order valence-electron chi connectivity index (χ1n) is 10.7. The predicted molar refractivity (Wildman–Crippen MR) is 122 cm³/mol. The molecular formula is C24H26O11. The Labute approximate surface area is 199 Å². The van der Waals surface area contributed by atoms with Crippen molar-refractivity contribution >= 4 is 11.0 Å². The van der Waals surface area contributed by atoms with Gasteiger partial charge in [0.25, 0.3) is 0 Å². The Kier molecular flexibility index (Phi) is 7.15. The highest BCUT2D eigenvalue weighted by atomic mass is 16.7. The molecule has 0 amide bonds. The van der Waals surface area contributed by atoms with E-state index in [4.69, 9.17) is 28.1 Å². The lowest BCUT2D eigenvalue weighted by atomic mass is 9.99. The van der Waals surface area contributed by atoms with Gasteiger partial charge in [-0.25, -0.2) is 0 Å². The minimum atomic E-state index is -1.68. The first-order valence-corrected chi connectivity index (χ1v) is 10.7. The zero-order valence-corrected chi connectivity index (χ0v) is 19.2. The summed E-state index contributed by atoms with van der Waals surface area (Å²) >= 11 is 0. The normalized spacial score (nSPS) is 24.3. The first-order chi connectivity index (χ1) is 16.8. The third kappa shape index (κ3) is 4.40. The van der Waals surface area contributed by atoms with E-state index < -0.39 is 42.7 Å². The van der Waals surface area contributed by atoms with Gasteiger partial charge in [-0.2, -0.15) is 0 Å². The zero-order chi connectivity index (χ0) is 25.3. The summed E-state index contributed by atoms with van der Waals surface area (Å²) in [4.78, 5) is 13.3. The van der Waals surface area contributed by atoms with E-state index in [9.17, 15) is 25.2 Å². The molecule has 188 valence electrons. The molecule has 0 bridgehead atoms. The standard InChI is InChI=1S/C24H26O11/c1-30-13-7-5-4-6-11(13)14-8-12(26)18-15(9-16(31-2)22(32-3)23(18)33-14)34-24-21(29)20(28)19(27)17(10-25)35-24/h4-9,17,19-21,24-25,27-29H,10H2,1-3H3/t17-,19-,20-,21-,24-/m0/s1. The lowest BCUT2D eigenvalue weighted by Gasteiger charge is -2.39. The van der Waals surface area contributed by atoms with Crippen LogP contribution in [0.15, 0.2) is 45.6 Å². The molecule has 35 heavy (non-hydrogen) atoms. The van der Waals surface area contributed by atoms with Crippen molar-refractivity contribution in [2.75, 3.05) is 27.9 Å². The molecule has 1 aliphatic heterocycles. The van der Waals surface area contributed by atoms with Crippen molar-refractivity contribution in [1.82, 2.24) is 0 Å². The van der Waals surface area contributed by atoms with Crippen molar-refractivity contribution in [3.8, 4) is 34.3 Å². The van der Waals surface area contributed by atoms with Crippen LogP contribution in [0.1, 0.15) is 0 Å². The molecule has 0 saturated carbocycles. The van der Waals surface area contributed by atoms with Gasteiger partial charge in [0.15, 0.2) is 16.8 Å². The Hall–Kier alpha value is -3.35. The Bertz CT molecular complexity index is 1250. The molecule has 1 fully saturated rings. The maximum atomic E-state index is 13.3. The third-order valence-electron chi connectivity index (χ3n) is 5.77. The number of rotatable bonds is 7. The molecule has 11 heteroatoms. The van der Waals surface area contributed by atoms with Crippen LogP contribution in [-0.2, 0) is 4.74 Å². The molecule has 3 aromatic rings. The number of aliphatic hydroxyl groups excluding tert-OH is 4. The van der Waals surface area contributed by atoms with Crippen LogP contribution >= 0.6 is 0 Å². The summed E-state index contributed by atoms with van der Waals surface area (Å²) in [5.74, 6) is 0.861. The minimum Gasteiger partial charge on any atom is -0.496 e. The van der Waals surface area contributed by atoms with Crippen LogP contribution in [0.25, 0.3) is 22.3 Å². The largest absolute Gasteiger partial charge is 0.496 e. The fraction of sp³-hybridized carbons (Fsp3) is 0.375. The molecule has 4 rings (SSSR count). The van der Waals surface area contributed by atoms with Gasteiger partial charge < -0.3 is 48.5 Å². The van der Waals surface area contributed by atoms with Gasteiger partial charge in [0.2, 0.25) is 12.0 Å². The predicted octanol–water partition coefficient (Wildman–Crippen LogP) is 0.664. The quantitative estimate of drug-likeness (QED) is 0.369. The fourth-order valence-corrected chi connectivity index (χ4v) is 3.96. The summed E-state index contributed by atoms with van der Waals surface area (Å²) in [7, 11) is 4.25. The molecule has 0 aliphatic carbocycles. The summed E-state index contributed by atoms with van der Waals surface area (Å²) in [6.07, 6.45) is -7.63. The summed E-state index contributed by atoms with van der Waals surface area (Å²) in [6, 6.07) is 9.58. The van der Waals surface area contributed by atoms with E-state index in [0.717, 1.165) is 0 Å². The van der Waals surface area contributed by atoms with Crippen LogP contribution in [0, 0.1) is 0 Å². The van der Waals surface area contributed by atoms with Crippen molar-refractivity contribution in [2.24, 2.45) is 0 Å². The van der Waals surface area contributed by atoms with Crippen molar-refractivity contribution in [3.63, 3.8) is 0 Å². The van der Waals surface area contributed by atoms with Crippen molar-refractivity contribution in [1.29, 1.82) is 0 Å². The van der Waals surface area contributed by atoms with E-state index >= 15 is 0 Å². The number of para-hydroxylation sites is 1. The van der Waals surface area contributed by atoms with Crippen molar-refractivity contribution in [3.05, 3.63) is 46.6 Å². The molecule has 0 unspecified atom stereocenters. The smallest absolute Gasteiger partial charge is 0.229 e. The molecule has 2 aromatic carbocycles. The van der Waals surface area contributed by atoms with Gasteiger partial charge in [-0.05, 0) is 12.1 Å². The average molecular weight is 490 g/mol. The first kappa shape index (κ1) is 24.8. The Balaban J connectivity index is 1.88. The molecule has 2 heterocycles. The third-order valence-corrected chi connectivity index (χ3v) is 5.77. The zero-order valence-electron chi connectivity index (χ0n) is 19.2. The lowest BCUT2D eigenvalue weighted by Crippen LogP contribution is -2.60. The number of benzene rings is 2. The Morgan fingerprint density at radius 1 is 0.886 bits per heavy atom. The maximum absolute atomic E-state index is 13.3. The molecule has 4 N–H and O–H groups in total.